The summed E-state index contributed by atoms with van der Waals surface area (Å²) in [5.74, 6) is 0. The van der Waals surface area contributed by atoms with E-state index in [-0.39, 0.29) is 0 Å². The van der Waals surface area contributed by atoms with E-state index < -0.39 is 0 Å². The predicted octanol–water partition coefficient (Wildman–Crippen LogP) is 1.87. The molecule has 1 aromatic heterocycles. The van der Waals surface area contributed by atoms with Crippen LogP contribution in [0.3, 0.4) is 0 Å². The summed E-state index contributed by atoms with van der Waals surface area (Å²) in [6.45, 7) is 0. The van der Waals surface area contributed by atoms with Gasteiger partial charge in [-0.2, -0.15) is 5.10 Å². The molecule has 14 heavy (non-hydrogen) atoms. The Balaban J connectivity index is 2.06. The van der Waals surface area contributed by atoms with E-state index in [1.807, 2.05) is 6.07 Å². The van der Waals surface area contributed by atoms with Crippen LogP contribution >= 0.6 is 11.6 Å². The molecule has 74 valence electrons. The lowest BCUT2D eigenvalue weighted by molar-refractivity contribution is 0.297. The van der Waals surface area contributed by atoms with Gasteiger partial charge in [0.2, 0.25) is 0 Å². The highest BCUT2D eigenvalue weighted by molar-refractivity contribution is 6.29. The molecule has 1 aromatic rings. The molecule has 1 N–H and O–H groups in total. The van der Waals surface area contributed by atoms with Crippen LogP contribution in [-0.4, -0.2) is 16.2 Å². The average Bonchev–Trinajstić information content (AvgIpc) is 2.20. The Morgan fingerprint density at radius 2 is 2.29 bits per heavy atom. The Kier molecular flexibility index (Phi) is 1.96. The van der Waals surface area contributed by atoms with Gasteiger partial charge in [0.15, 0.2) is 5.15 Å². The van der Waals surface area contributed by atoms with E-state index in [1.165, 1.54) is 24.8 Å². The minimum Gasteiger partial charge on any atom is -0.307 e. The van der Waals surface area contributed by atoms with Gasteiger partial charge in [-0.15, -0.1) is 5.10 Å². The zero-order valence-corrected chi connectivity index (χ0v) is 8.59. The second kappa shape index (κ2) is 3.17. The smallest absolute Gasteiger partial charge is 0.152 e. The number of halogens is 1. The van der Waals surface area contributed by atoms with E-state index in [9.17, 15) is 0 Å². The highest BCUT2D eigenvalue weighted by Crippen LogP contribution is 2.33. The molecule has 1 saturated heterocycles. The van der Waals surface area contributed by atoms with Crippen LogP contribution in [0.15, 0.2) is 6.07 Å². The highest BCUT2D eigenvalue weighted by Gasteiger charge is 2.30. The normalized spacial score (nSPS) is 29.8. The maximum Gasteiger partial charge on any atom is 0.152 e. The average molecular weight is 210 g/mol. The molecule has 0 saturated carbocycles. The van der Waals surface area contributed by atoms with Gasteiger partial charge < -0.3 is 5.32 Å². The molecule has 2 atom stereocenters. The standard InChI is InChI=1S/C10H12ClN3/c11-10-5-7-8-3-1-2-6(12-8)4-9(7)13-14-10/h5-6,8,12H,1-4H2. The molecule has 0 aromatic carbocycles. The van der Waals surface area contributed by atoms with Crippen LogP contribution in [0.4, 0.5) is 0 Å². The van der Waals surface area contributed by atoms with Crippen LogP contribution in [-0.2, 0) is 6.42 Å². The van der Waals surface area contributed by atoms with Gasteiger partial charge in [-0.1, -0.05) is 11.6 Å². The number of hydrogen-bond donors (Lipinski definition) is 1. The summed E-state index contributed by atoms with van der Waals surface area (Å²) in [4.78, 5) is 0. The van der Waals surface area contributed by atoms with Gasteiger partial charge in [-0.3, -0.25) is 0 Å². The number of aromatic nitrogens is 2. The van der Waals surface area contributed by atoms with Crippen molar-refractivity contribution in [2.24, 2.45) is 0 Å². The molecular weight excluding hydrogens is 198 g/mol. The van der Waals surface area contributed by atoms with Crippen molar-refractivity contribution in [3.63, 3.8) is 0 Å². The molecular formula is C10H12ClN3. The summed E-state index contributed by atoms with van der Waals surface area (Å²) in [6.07, 6.45) is 4.78. The number of nitrogens with zero attached hydrogens (tertiary/aromatic N) is 2. The van der Waals surface area contributed by atoms with Crippen LogP contribution in [0.1, 0.15) is 36.6 Å². The van der Waals surface area contributed by atoms with Crippen LogP contribution < -0.4 is 5.32 Å². The molecule has 2 aliphatic heterocycles. The Morgan fingerprint density at radius 1 is 1.36 bits per heavy atom. The number of hydrogen-bond acceptors (Lipinski definition) is 3. The van der Waals surface area contributed by atoms with E-state index in [0.717, 1.165) is 12.1 Å². The summed E-state index contributed by atoms with van der Waals surface area (Å²) in [5.41, 5.74) is 2.41. The fourth-order valence-corrected chi connectivity index (χ4v) is 2.68. The lowest BCUT2D eigenvalue weighted by Gasteiger charge is -2.36. The van der Waals surface area contributed by atoms with E-state index in [2.05, 4.69) is 15.5 Å². The Labute approximate surface area is 87.9 Å². The monoisotopic (exact) mass is 209 g/mol. The summed E-state index contributed by atoms with van der Waals surface area (Å²) >= 11 is 5.85. The molecule has 3 rings (SSSR count). The lowest BCUT2D eigenvalue weighted by Crippen LogP contribution is -2.43. The van der Waals surface area contributed by atoms with Gasteiger partial charge in [-0.25, -0.2) is 0 Å². The maximum atomic E-state index is 5.85. The summed E-state index contributed by atoms with van der Waals surface area (Å²) in [6, 6.07) is 3.03. The third-order valence-electron chi connectivity index (χ3n) is 3.17. The van der Waals surface area contributed by atoms with Crippen molar-refractivity contribution in [3.05, 3.63) is 22.5 Å². The van der Waals surface area contributed by atoms with Crippen molar-refractivity contribution in [1.29, 1.82) is 0 Å². The van der Waals surface area contributed by atoms with Gasteiger partial charge >= 0.3 is 0 Å². The second-order valence-corrected chi connectivity index (χ2v) is 4.51. The van der Waals surface area contributed by atoms with Crippen molar-refractivity contribution >= 4 is 11.6 Å². The van der Waals surface area contributed by atoms with Crippen molar-refractivity contribution < 1.29 is 0 Å². The van der Waals surface area contributed by atoms with Crippen molar-refractivity contribution in [2.45, 2.75) is 37.8 Å². The SMILES string of the molecule is Clc1cc2c(nn1)CC1CCCC2N1. The molecule has 0 spiro atoms. The molecule has 4 heteroatoms. The zero-order valence-electron chi connectivity index (χ0n) is 7.83. The second-order valence-electron chi connectivity index (χ2n) is 4.12. The molecule has 0 amide bonds. The van der Waals surface area contributed by atoms with Crippen LogP contribution in [0.2, 0.25) is 5.15 Å². The van der Waals surface area contributed by atoms with E-state index in [0.29, 0.717) is 17.2 Å². The zero-order chi connectivity index (χ0) is 9.54. The highest BCUT2D eigenvalue weighted by atomic mass is 35.5. The Morgan fingerprint density at radius 3 is 3.21 bits per heavy atom. The predicted molar refractivity (Wildman–Crippen MR) is 54.3 cm³/mol. The number of fused-ring (bicyclic) bond motifs is 4. The largest absolute Gasteiger partial charge is 0.307 e. The summed E-state index contributed by atoms with van der Waals surface area (Å²) in [5, 5.41) is 12.2. The minimum absolute atomic E-state index is 0.463. The van der Waals surface area contributed by atoms with Gasteiger partial charge in [0, 0.05) is 18.5 Å². The molecule has 3 heterocycles. The van der Waals surface area contributed by atoms with E-state index in [1.54, 1.807) is 0 Å². The van der Waals surface area contributed by atoms with Crippen LogP contribution in [0.25, 0.3) is 0 Å². The molecule has 1 fully saturated rings. The van der Waals surface area contributed by atoms with Crippen molar-refractivity contribution in [3.8, 4) is 0 Å². The van der Waals surface area contributed by atoms with Gasteiger partial charge in [0.05, 0.1) is 5.69 Å². The fraction of sp³-hybridized carbons (Fsp3) is 0.600. The van der Waals surface area contributed by atoms with E-state index >= 15 is 0 Å². The maximum absolute atomic E-state index is 5.85. The number of rotatable bonds is 0. The van der Waals surface area contributed by atoms with Gasteiger partial charge in [-0.05, 0) is 30.9 Å². The summed E-state index contributed by atoms with van der Waals surface area (Å²) in [7, 11) is 0. The first kappa shape index (κ1) is 8.62. The quantitative estimate of drug-likeness (QED) is 0.709. The first-order valence-corrected chi connectivity index (χ1v) is 5.49. The molecule has 2 unspecified atom stereocenters. The molecule has 0 radical (unpaired) electrons. The minimum atomic E-state index is 0.463. The van der Waals surface area contributed by atoms with Crippen LogP contribution in [0.5, 0.6) is 0 Å². The van der Waals surface area contributed by atoms with Crippen molar-refractivity contribution in [2.75, 3.05) is 0 Å². The number of nitrogens with one attached hydrogen (secondary N) is 1. The molecule has 3 nitrogen and oxygen atoms in total. The first-order chi connectivity index (χ1) is 6.83. The lowest BCUT2D eigenvalue weighted by atomic mass is 9.85. The van der Waals surface area contributed by atoms with Gasteiger partial charge in [0.25, 0.3) is 0 Å². The Hall–Kier alpha value is -0.670. The third-order valence-corrected chi connectivity index (χ3v) is 3.36. The first-order valence-electron chi connectivity index (χ1n) is 5.11. The fourth-order valence-electron chi connectivity index (χ4n) is 2.53. The summed E-state index contributed by atoms with van der Waals surface area (Å²) < 4.78 is 0. The molecule has 2 bridgehead atoms. The van der Waals surface area contributed by atoms with Crippen LogP contribution in [0, 0.1) is 0 Å². The number of piperidine rings is 1. The van der Waals surface area contributed by atoms with Crippen molar-refractivity contribution in [1.82, 2.24) is 15.5 Å². The van der Waals surface area contributed by atoms with E-state index in [4.69, 9.17) is 11.6 Å². The molecule has 2 aliphatic rings. The molecule has 0 aliphatic carbocycles. The topological polar surface area (TPSA) is 37.8 Å². The van der Waals surface area contributed by atoms with Gasteiger partial charge in [0.1, 0.15) is 0 Å². The Bertz CT molecular complexity index is 366. The third kappa shape index (κ3) is 1.31.